The second kappa shape index (κ2) is 11.3. The summed E-state index contributed by atoms with van der Waals surface area (Å²) < 4.78 is 36.9. The van der Waals surface area contributed by atoms with Crippen molar-refractivity contribution in [2.75, 3.05) is 32.7 Å². The van der Waals surface area contributed by atoms with E-state index in [0.717, 1.165) is 18.7 Å². The lowest BCUT2D eigenvalue weighted by atomic mass is 10.1. The minimum Gasteiger partial charge on any atom is -0.351 e. The van der Waals surface area contributed by atoms with Crippen LogP contribution >= 0.6 is 0 Å². The van der Waals surface area contributed by atoms with Crippen molar-refractivity contribution in [2.45, 2.75) is 52.9 Å². The molecule has 154 valence electrons. The van der Waals surface area contributed by atoms with Gasteiger partial charge in [-0.1, -0.05) is 26.0 Å². The van der Waals surface area contributed by atoms with Crippen LogP contribution in [-0.2, 0) is 6.54 Å². The summed E-state index contributed by atoms with van der Waals surface area (Å²) in [5.41, 5.74) is 1.70. The number of hydrogen-bond acceptors (Lipinski definition) is 3. The Kier molecular flexibility index (Phi) is 9.80. The molecule has 0 fully saturated rings. The summed E-state index contributed by atoms with van der Waals surface area (Å²) >= 11 is 0. The zero-order valence-corrected chi connectivity index (χ0v) is 16.8. The number of benzene rings is 1. The van der Waals surface area contributed by atoms with Crippen LogP contribution in [0.25, 0.3) is 0 Å². The van der Waals surface area contributed by atoms with E-state index in [0.29, 0.717) is 31.2 Å². The first-order valence-electron chi connectivity index (χ1n) is 9.56. The third-order valence-corrected chi connectivity index (χ3v) is 4.61. The normalized spacial score (nSPS) is 12.2. The highest BCUT2D eigenvalue weighted by Gasteiger charge is 2.27. The fraction of sp³-hybridized carbons (Fsp3) is 0.650. The molecule has 1 aromatic rings. The molecule has 1 aromatic carbocycles. The quantitative estimate of drug-likeness (QED) is 0.625. The maximum atomic E-state index is 12.3. The molecule has 0 unspecified atom stereocenters. The standard InChI is InChI=1S/C20H32F3N3O/c1-5-25(13-11-20(21,22)23)14-12-24-19(27)18-9-7-17(8-10-18)15-26(6-2)16(3)4/h7-10,16H,5-6,11-15H2,1-4H3,(H,24,27). The predicted molar refractivity (Wildman–Crippen MR) is 103 cm³/mol. The third-order valence-electron chi connectivity index (χ3n) is 4.61. The Morgan fingerprint density at radius 3 is 2.19 bits per heavy atom. The summed E-state index contributed by atoms with van der Waals surface area (Å²) in [6, 6.07) is 7.93. The van der Waals surface area contributed by atoms with E-state index in [1.165, 1.54) is 0 Å². The van der Waals surface area contributed by atoms with Gasteiger partial charge in [-0.25, -0.2) is 0 Å². The lowest BCUT2D eigenvalue weighted by Gasteiger charge is -2.24. The summed E-state index contributed by atoms with van der Waals surface area (Å²) in [6.07, 6.45) is -4.98. The van der Waals surface area contributed by atoms with E-state index < -0.39 is 12.6 Å². The molecule has 0 aliphatic heterocycles. The molecule has 0 aliphatic carbocycles. The largest absolute Gasteiger partial charge is 0.390 e. The van der Waals surface area contributed by atoms with Crippen LogP contribution in [0, 0.1) is 0 Å². The lowest BCUT2D eigenvalue weighted by molar-refractivity contribution is -0.137. The van der Waals surface area contributed by atoms with Crippen molar-refractivity contribution in [3.63, 3.8) is 0 Å². The number of carbonyl (C=O) groups is 1. The van der Waals surface area contributed by atoms with Gasteiger partial charge in [-0.3, -0.25) is 9.69 Å². The van der Waals surface area contributed by atoms with Crippen LogP contribution in [-0.4, -0.2) is 60.6 Å². The Bertz CT molecular complexity index is 559. The van der Waals surface area contributed by atoms with Crippen LogP contribution in [0.1, 0.15) is 50.0 Å². The Morgan fingerprint density at radius 1 is 1.07 bits per heavy atom. The van der Waals surface area contributed by atoms with Crippen LogP contribution in [0.3, 0.4) is 0 Å². The fourth-order valence-electron chi connectivity index (χ4n) is 2.80. The highest BCUT2D eigenvalue weighted by atomic mass is 19.4. The maximum absolute atomic E-state index is 12.3. The highest BCUT2D eigenvalue weighted by molar-refractivity contribution is 5.94. The molecule has 0 saturated heterocycles. The molecule has 0 aliphatic rings. The Labute approximate surface area is 160 Å². The van der Waals surface area contributed by atoms with Crippen LogP contribution in [0.2, 0.25) is 0 Å². The van der Waals surface area contributed by atoms with Crippen LogP contribution in [0.15, 0.2) is 24.3 Å². The average molecular weight is 387 g/mol. The molecule has 0 spiro atoms. The first kappa shape index (κ1) is 23.4. The van der Waals surface area contributed by atoms with Gasteiger partial charge in [0.2, 0.25) is 0 Å². The van der Waals surface area contributed by atoms with E-state index in [2.05, 4.69) is 31.0 Å². The Balaban J connectivity index is 2.46. The molecular formula is C20H32F3N3O. The summed E-state index contributed by atoms with van der Waals surface area (Å²) in [4.78, 5) is 16.2. The fourth-order valence-corrected chi connectivity index (χ4v) is 2.80. The molecule has 0 saturated carbocycles. The number of alkyl halides is 3. The first-order valence-corrected chi connectivity index (χ1v) is 9.56. The van der Waals surface area contributed by atoms with Crippen molar-refractivity contribution in [1.29, 1.82) is 0 Å². The molecule has 7 heteroatoms. The topological polar surface area (TPSA) is 35.6 Å². The zero-order valence-electron chi connectivity index (χ0n) is 16.8. The van der Waals surface area contributed by atoms with Crippen molar-refractivity contribution in [3.8, 4) is 0 Å². The number of nitrogens with one attached hydrogen (secondary N) is 1. The molecule has 1 amide bonds. The summed E-state index contributed by atoms with van der Waals surface area (Å²) in [5, 5.41) is 2.78. The molecule has 0 aromatic heterocycles. The first-order chi connectivity index (χ1) is 12.7. The number of rotatable bonds is 11. The Morgan fingerprint density at radius 2 is 1.70 bits per heavy atom. The summed E-state index contributed by atoms with van der Waals surface area (Å²) in [7, 11) is 0. The monoisotopic (exact) mass is 387 g/mol. The number of halogens is 3. The van der Waals surface area contributed by atoms with Gasteiger partial charge in [0, 0.05) is 37.8 Å². The van der Waals surface area contributed by atoms with E-state index in [4.69, 9.17) is 0 Å². The van der Waals surface area contributed by atoms with Crippen LogP contribution in [0.5, 0.6) is 0 Å². The van der Waals surface area contributed by atoms with Gasteiger partial charge in [-0.15, -0.1) is 0 Å². The number of carbonyl (C=O) groups excluding carboxylic acids is 1. The Hall–Kier alpha value is -1.60. The zero-order chi connectivity index (χ0) is 20.4. The van der Waals surface area contributed by atoms with Gasteiger partial charge in [0.25, 0.3) is 5.91 Å². The van der Waals surface area contributed by atoms with Crippen molar-refractivity contribution in [3.05, 3.63) is 35.4 Å². The van der Waals surface area contributed by atoms with Gasteiger partial charge in [0.15, 0.2) is 0 Å². The van der Waals surface area contributed by atoms with Gasteiger partial charge in [-0.05, 0) is 44.6 Å². The number of likely N-dealkylation sites (N-methyl/N-ethyl adjacent to an activating group) is 1. The van der Waals surface area contributed by atoms with Crippen molar-refractivity contribution in [2.24, 2.45) is 0 Å². The van der Waals surface area contributed by atoms with E-state index >= 15 is 0 Å². The summed E-state index contributed by atoms with van der Waals surface area (Å²) in [5.74, 6) is -0.204. The molecular weight excluding hydrogens is 355 g/mol. The highest BCUT2D eigenvalue weighted by Crippen LogP contribution is 2.19. The molecule has 1 N–H and O–H groups in total. The van der Waals surface area contributed by atoms with E-state index in [-0.39, 0.29) is 12.5 Å². The van der Waals surface area contributed by atoms with E-state index in [1.807, 2.05) is 19.1 Å². The number of nitrogens with zero attached hydrogens (tertiary/aromatic N) is 2. The molecule has 0 radical (unpaired) electrons. The van der Waals surface area contributed by atoms with Crippen LogP contribution < -0.4 is 5.32 Å². The van der Waals surface area contributed by atoms with Crippen molar-refractivity contribution < 1.29 is 18.0 Å². The molecule has 0 bridgehead atoms. The van der Waals surface area contributed by atoms with Gasteiger partial charge >= 0.3 is 6.18 Å². The van der Waals surface area contributed by atoms with Crippen molar-refractivity contribution in [1.82, 2.24) is 15.1 Å². The maximum Gasteiger partial charge on any atom is 0.390 e. The van der Waals surface area contributed by atoms with Gasteiger partial charge in [0.05, 0.1) is 6.42 Å². The predicted octanol–water partition coefficient (Wildman–Crippen LogP) is 3.92. The van der Waals surface area contributed by atoms with Crippen LogP contribution in [0.4, 0.5) is 13.2 Å². The van der Waals surface area contributed by atoms with Gasteiger partial charge in [-0.2, -0.15) is 13.2 Å². The smallest absolute Gasteiger partial charge is 0.351 e. The number of amides is 1. The van der Waals surface area contributed by atoms with Gasteiger partial charge < -0.3 is 10.2 Å². The van der Waals surface area contributed by atoms with Crippen molar-refractivity contribution >= 4 is 5.91 Å². The molecule has 0 heterocycles. The van der Waals surface area contributed by atoms with Gasteiger partial charge in [0.1, 0.15) is 0 Å². The van der Waals surface area contributed by atoms with E-state index in [1.54, 1.807) is 17.0 Å². The molecule has 27 heavy (non-hydrogen) atoms. The molecule has 0 atom stereocenters. The van der Waals surface area contributed by atoms with E-state index in [9.17, 15) is 18.0 Å². The SMILES string of the molecule is CCN(CCNC(=O)c1ccc(CN(CC)C(C)C)cc1)CCC(F)(F)F. The second-order valence-corrected chi connectivity index (χ2v) is 6.91. The number of hydrogen-bond donors (Lipinski definition) is 1. The molecule has 4 nitrogen and oxygen atoms in total. The minimum absolute atomic E-state index is 0.0473. The molecule has 1 rings (SSSR count). The minimum atomic E-state index is -4.15. The average Bonchev–Trinajstić information content (AvgIpc) is 2.61. The third kappa shape index (κ3) is 9.24. The lowest BCUT2D eigenvalue weighted by Crippen LogP contribution is -2.36. The second-order valence-electron chi connectivity index (χ2n) is 6.91. The summed E-state index contributed by atoms with van der Waals surface area (Å²) in [6.45, 7) is 11.2.